The van der Waals surface area contributed by atoms with Crippen molar-refractivity contribution in [1.82, 2.24) is 0 Å². The Balaban J connectivity index is 4.00. The third-order valence-electron chi connectivity index (χ3n) is 12.3. The van der Waals surface area contributed by atoms with E-state index in [-0.39, 0.29) is 31.1 Å². The van der Waals surface area contributed by atoms with E-state index in [1.165, 1.54) is 103 Å². The first kappa shape index (κ1) is 66.3. The molecule has 0 aromatic heterocycles. The Morgan fingerprint density at radius 3 is 0.929 bits per heavy atom. The number of esters is 3. The van der Waals surface area contributed by atoms with Gasteiger partial charge in [-0.15, -0.1) is 0 Å². The van der Waals surface area contributed by atoms with Gasteiger partial charge in [-0.1, -0.05) is 253 Å². The van der Waals surface area contributed by atoms with Crippen molar-refractivity contribution in [1.29, 1.82) is 0 Å². The van der Waals surface area contributed by atoms with Crippen LogP contribution in [0.5, 0.6) is 0 Å². The van der Waals surface area contributed by atoms with Gasteiger partial charge in [-0.3, -0.25) is 14.4 Å². The fourth-order valence-corrected chi connectivity index (χ4v) is 7.95. The van der Waals surface area contributed by atoms with Crippen molar-refractivity contribution < 1.29 is 28.6 Å². The van der Waals surface area contributed by atoms with E-state index in [9.17, 15) is 14.4 Å². The topological polar surface area (TPSA) is 78.9 Å². The highest BCUT2D eigenvalue weighted by molar-refractivity contribution is 5.71. The molecule has 0 heterocycles. The number of hydrogen-bond acceptors (Lipinski definition) is 6. The molecule has 0 N–H and O–H groups in total. The predicted octanol–water partition coefficient (Wildman–Crippen LogP) is 19.7. The van der Waals surface area contributed by atoms with Gasteiger partial charge < -0.3 is 14.2 Å². The maximum absolute atomic E-state index is 12.7. The van der Waals surface area contributed by atoms with E-state index >= 15 is 0 Å². The smallest absolute Gasteiger partial charge is 0.306 e. The molecule has 0 radical (unpaired) electrons. The molecule has 0 spiro atoms. The zero-order valence-electron chi connectivity index (χ0n) is 45.8. The Kier molecular flexibility index (Phi) is 54.9. The van der Waals surface area contributed by atoms with Crippen LogP contribution in [0.1, 0.15) is 271 Å². The summed E-state index contributed by atoms with van der Waals surface area (Å²) in [5.74, 6) is -0.904. The SMILES string of the molecule is CC/C=C\C/C=C\C/C=C\C/C=C\C/C=C\C/C=C\CCCCCCCCCCCCCCCCC(=O)OCC(COC(=O)CCCCCCCC)OC(=O)CCCCCCC/C=C\C/C=C\CCC. The number of hydrogen-bond donors (Lipinski definition) is 0. The van der Waals surface area contributed by atoms with Crippen LogP contribution in [0.15, 0.2) is 97.2 Å². The molecule has 0 aliphatic rings. The summed E-state index contributed by atoms with van der Waals surface area (Å²) in [5.41, 5.74) is 0. The van der Waals surface area contributed by atoms with Crippen molar-refractivity contribution in [2.75, 3.05) is 13.2 Å². The molecule has 0 aliphatic carbocycles. The third kappa shape index (κ3) is 55.3. The fraction of sp³-hybridized carbons (Fsp3) is 0.703. The molecule has 0 aromatic carbocycles. The molecule has 0 fully saturated rings. The van der Waals surface area contributed by atoms with E-state index in [4.69, 9.17) is 14.2 Å². The molecule has 6 heteroatoms. The van der Waals surface area contributed by atoms with Crippen LogP contribution in [0.2, 0.25) is 0 Å². The van der Waals surface area contributed by atoms with Gasteiger partial charge in [-0.25, -0.2) is 0 Å². The summed E-state index contributed by atoms with van der Waals surface area (Å²) in [6.07, 6.45) is 77.3. The second-order valence-corrected chi connectivity index (χ2v) is 19.2. The molecule has 0 bridgehead atoms. The van der Waals surface area contributed by atoms with Gasteiger partial charge >= 0.3 is 17.9 Å². The predicted molar refractivity (Wildman–Crippen MR) is 302 cm³/mol. The minimum atomic E-state index is -0.779. The highest BCUT2D eigenvalue weighted by Gasteiger charge is 2.19. The van der Waals surface area contributed by atoms with Crippen LogP contribution in [0.4, 0.5) is 0 Å². The summed E-state index contributed by atoms with van der Waals surface area (Å²) in [5, 5.41) is 0. The summed E-state index contributed by atoms with van der Waals surface area (Å²) in [6, 6.07) is 0. The molecule has 400 valence electrons. The molecule has 0 amide bonds. The van der Waals surface area contributed by atoms with Crippen molar-refractivity contribution in [3.8, 4) is 0 Å². The molecule has 1 atom stereocenters. The highest BCUT2D eigenvalue weighted by atomic mass is 16.6. The fourth-order valence-electron chi connectivity index (χ4n) is 7.95. The summed E-state index contributed by atoms with van der Waals surface area (Å²) in [6.45, 7) is 6.39. The minimum absolute atomic E-state index is 0.0814. The van der Waals surface area contributed by atoms with Gasteiger partial charge in [0.1, 0.15) is 13.2 Å². The summed E-state index contributed by atoms with van der Waals surface area (Å²) in [4.78, 5) is 37.8. The number of rotatable bonds is 52. The second-order valence-electron chi connectivity index (χ2n) is 19.2. The van der Waals surface area contributed by atoms with E-state index in [2.05, 4.69) is 118 Å². The minimum Gasteiger partial charge on any atom is -0.462 e. The van der Waals surface area contributed by atoms with Crippen molar-refractivity contribution in [3.05, 3.63) is 97.2 Å². The zero-order valence-corrected chi connectivity index (χ0v) is 45.8. The van der Waals surface area contributed by atoms with E-state index in [1.807, 2.05) is 0 Å². The maximum atomic E-state index is 12.7. The highest BCUT2D eigenvalue weighted by Crippen LogP contribution is 2.15. The number of carbonyl (C=O) groups is 3. The number of allylic oxidation sites excluding steroid dienone is 16. The molecule has 6 nitrogen and oxygen atoms in total. The van der Waals surface area contributed by atoms with E-state index in [1.54, 1.807) is 0 Å². The van der Waals surface area contributed by atoms with Gasteiger partial charge in [0.2, 0.25) is 0 Å². The third-order valence-corrected chi connectivity index (χ3v) is 12.3. The first-order chi connectivity index (χ1) is 34.5. The average Bonchev–Trinajstić information content (AvgIpc) is 3.36. The van der Waals surface area contributed by atoms with Crippen LogP contribution >= 0.6 is 0 Å². The van der Waals surface area contributed by atoms with Gasteiger partial charge in [0.15, 0.2) is 6.10 Å². The van der Waals surface area contributed by atoms with Crippen LogP contribution < -0.4 is 0 Å². The first-order valence-corrected chi connectivity index (χ1v) is 29.2. The zero-order chi connectivity index (χ0) is 50.7. The van der Waals surface area contributed by atoms with Crippen LogP contribution in [0.25, 0.3) is 0 Å². The van der Waals surface area contributed by atoms with Crippen molar-refractivity contribution in [3.63, 3.8) is 0 Å². The van der Waals surface area contributed by atoms with Gasteiger partial charge in [-0.05, 0) is 96.3 Å². The summed E-state index contributed by atoms with van der Waals surface area (Å²) >= 11 is 0. The first-order valence-electron chi connectivity index (χ1n) is 29.2. The van der Waals surface area contributed by atoms with Crippen molar-refractivity contribution in [2.45, 2.75) is 277 Å². The van der Waals surface area contributed by atoms with Crippen LogP contribution in [0.3, 0.4) is 0 Å². The van der Waals surface area contributed by atoms with E-state index < -0.39 is 6.10 Å². The Hall–Kier alpha value is -3.67. The van der Waals surface area contributed by atoms with Crippen LogP contribution in [0, 0.1) is 0 Å². The molecular weight excluding hydrogens is 865 g/mol. The van der Waals surface area contributed by atoms with Crippen LogP contribution in [-0.2, 0) is 28.6 Å². The Labute approximate surface area is 432 Å². The number of ether oxygens (including phenoxy) is 3. The molecule has 0 saturated carbocycles. The molecule has 0 rings (SSSR count). The van der Waals surface area contributed by atoms with Crippen LogP contribution in [-0.4, -0.2) is 37.2 Å². The molecule has 0 saturated heterocycles. The molecule has 0 aromatic rings. The number of carbonyl (C=O) groups excluding carboxylic acids is 3. The summed E-state index contributed by atoms with van der Waals surface area (Å²) < 4.78 is 16.7. The molecule has 70 heavy (non-hydrogen) atoms. The van der Waals surface area contributed by atoms with Gasteiger partial charge in [0.25, 0.3) is 0 Å². The molecule has 1 unspecified atom stereocenters. The van der Waals surface area contributed by atoms with Crippen molar-refractivity contribution >= 4 is 17.9 Å². The van der Waals surface area contributed by atoms with Gasteiger partial charge in [0, 0.05) is 19.3 Å². The van der Waals surface area contributed by atoms with Crippen molar-refractivity contribution in [2.24, 2.45) is 0 Å². The van der Waals surface area contributed by atoms with E-state index in [0.717, 1.165) is 128 Å². The monoisotopic (exact) mass is 973 g/mol. The summed E-state index contributed by atoms with van der Waals surface area (Å²) in [7, 11) is 0. The lowest BCUT2D eigenvalue weighted by Crippen LogP contribution is -2.30. The largest absolute Gasteiger partial charge is 0.462 e. The average molecular weight is 974 g/mol. The lowest BCUT2D eigenvalue weighted by atomic mass is 10.0. The Morgan fingerprint density at radius 2 is 0.586 bits per heavy atom. The lowest BCUT2D eigenvalue weighted by Gasteiger charge is -2.18. The number of unbranched alkanes of at least 4 members (excludes halogenated alkanes) is 25. The molecule has 0 aliphatic heterocycles. The van der Waals surface area contributed by atoms with Gasteiger partial charge in [0.05, 0.1) is 0 Å². The van der Waals surface area contributed by atoms with Gasteiger partial charge in [-0.2, -0.15) is 0 Å². The Bertz CT molecular complexity index is 1400. The standard InChI is InChI=1S/C64H108O6/c1-4-7-10-13-16-18-20-22-23-24-25-26-27-28-29-30-31-32-33-34-35-36-37-38-39-40-41-43-44-46-48-51-54-57-63(66)69-60-61(59-68-62(65)56-53-50-15-12-9-6-3)70-64(67)58-55-52-49-47-45-42-21-19-17-14-11-8-5-2/h7,10-11,14,16,18-19,21-23,25-26,28-29,31-32,61H,4-6,8-9,12-13,15,17,20,24,27,30,33-60H2,1-3H3/b10-7-,14-11-,18-16-,21-19-,23-22-,26-25-,29-28-,32-31-. The van der Waals surface area contributed by atoms with E-state index in [0.29, 0.717) is 19.3 Å². The maximum Gasteiger partial charge on any atom is 0.306 e. The Morgan fingerprint density at radius 1 is 0.300 bits per heavy atom. The normalized spacial score (nSPS) is 12.8. The lowest BCUT2D eigenvalue weighted by molar-refractivity contribution is -0.167. The quantitative estimate of drug-likeness (QED) is 0.0262. The second kappa shape index (κ2) is 57.9. The molecular formula is C64H108O6.